The number of hydrogen-bond donors (Lipinski definition) is 2. The molecule has 7 heteroatoms. The molecule has 1 atom stereocenters. The van der Waals surface area contributed by atoms with Crippen LogP contribution in [0.2, 0.25) is 0 Å². The van der Waals surface area contributed by atoms with Crippen molar-refractivity contribution in [3.63, 3.8) is 0 Å². The molecule has 1 aliphatic rings. The maximum atomic E-state index is 13.5. The van der Waals surface area contributed by atoms with Crippen LogP contribution in [0.3, 0.4) is 0 Å². The number of amides is 1. The van der Waals surface area contributed by atoms with E-state index in [4.69, 9.17) is 4.74 Å². The van der Waals surface area contributed by atoms with Gasteiger partial charge in [-0.2, -0.15) is 0 Å². The van der Waals surface area contributed by atoms with Crippen LogP contribution in [0, 0.1) is 0 Å². The number of hydrogen-bond acceptors (Lipinski definition) is 5. The highest BCUT2D eigenvalue weighted by atomic mass is 16.5. The Labute approximate surface area is 204 Å². The zero-order chi connectivity index (χ0) is 24.9. The van der Waals surface area contributed by atoms with Crippen molar-refractivity contribution < 1.29 is 29.4 Å². The van der Waals surface area contributed by atoms with Crippen LogP contribution >= 0.6 is 0 Å². The van der Waals surface area contributed by atoms with Crippen molar-refractivity contribution in [3.05, 3.63) is 101 Å². The van der Waals surface area contributed by atoms with Crippen molar-refractivity contribution in [2.45, 2.75) is 12.6 Å². The summed E-state index contributed by atoms with van der Waals surface area (Å²) in [6, 6.07) is 21.7. The molecule has 0 bridgehead atoms. The molecule has 0 radical (unpaired) electrons. The molecule has 1 fully saturated rings. The van der Waals surface area contributed by atoms with Gasteiger partial charge in [-0.1, -0.05) is 60.4 Å². The Balaban J connectivity index is 1.65. The smallest absolute Gasteiger partial charge is 0.295 e. The summed E-state index contributed by atoms with van der Waals surface area (Å²) in [5.41, 5.74) is 1.85. The molecular weight excluding hydrogens is 444 g/mol. The number of phenols is 1. The Morgan fingerprint density at radius 2 is 1.63 bits per heavy atom. The van der Waals surface area contributed by atoms with Crippen molar-refractivity contribution in [1.29, 1.82) is 0 Å². The van der Waals surface area contributed by atoms with Crippen LogP contribution in [0.25, 0.3) is 5.76 Å². The van der Waals surface area contributed by atoms with Gasteiger partial charge in [-0.3, -0.25) is 9.59 Å². The summed E-state index contributed by atoms with van der Waals surface area (Å²) >= 11 is 0. The number of likely N-dealkylation sites (N-methyl/N-ethyl adjacent to an activating group) is 1. The number of carbonyl (C=O) groups is 2. The van der Waals surface area contributed by atoms with E-state index in [1.165, 1.54) is 17.0 Å². The molecule has 1 amide bonds. The van der Waals surface area contributed by atoms with Crippen LogP contribution in [-0.2, 0) is 16.2 Å². The largest absolute Gasteiger partial charge is 0.872 e. The molecular formula is C28H28N2O5. The molecule has 3 aromatic carbocycles. The Kier molecular flexibility index (Phi) is 7.17. The quantitative estimate of drug-likeness (QED) is 0.293. The number of quaternary nitrogens is 1. The van der Waals surface area contributed by atoms with Gasteiger partial charge in [-0.05, 0) is 41.0 Å². The van der Waals surface area contributed by atoms with E-state index in [2.05, 4.69) is 0 Å². The van der Waals surface area contributed by atoms with Gasteiger partial charge in [0.1, 0.15) is 18.1 Å². The highest BCUT2D eigenvalue weighted by molar-refractivity contribution is 6.46. The SMILES string of the molecule is C[NH+](C)CCN1C(=O)C(=O)C(=C([O-])c2ccc(OCc3ccccc3)cc2)C1c1ccc(O)cc1. The van der Waals surface area contributed by atoms with Crippen molar-refractivity contribution in [2.24, 2.45) is 0 Å². The predicted octanol–water partition coefficient (Wildman–Crippen LogP) is 1.34. The van der Waals surface area contributed by atoms with E-state index in [1.807, 2.05) is 44.4 Å². The van der Waals surface area contributed by atoms with Crippen molar-refractivity contribution in [3.8, 4) is 11.5 Å². The monoisotopic (exact) mass is 472 g/mol. The summed E-state index contributed by atoms with van der Waals surface area (Å²) in [5.74, 6) is -1.31. The van der Waals surface area contributed by atoms with Crippen LogP contribution in [-0.4, -0.2) is 48.9 Å². The first kappa shape index (κ1) is 24.0. The number of benzene rings is 3. The number of likely N-dealkylation sites (tertiary alicyclic amines) is 1. The minimum Gasteiger partial charge on any atom is -0.872 e. The lowest BCUT2D eigenvalue weighted by Crippen LogP contribution is -3.06. The van der Waals surface area contributed by atoms with Gasteiger partial charge in [0.15, 0.2) is 0 Å². The fraction of sp³-hybridized carbons (Fsp3) is 0.214. The summed E-state index contributed by atoms with van der Waals surface area (Å²) in [7, 11) is 3.91. The second kappa shape index (κ2) is 10.4. The number of Topliss-reactive ketones (excluding diaryl/α,β-unsaturated/α-hetero) is 1. The number of aromatic hydroxyl groups is 1. The van der Waals surface area contributed by atoms with Crippen molar-refractivity contribution in [1.82, 2.24) is 4.90 Å². The summed E-state index contributed by atoms with van der Waals surface area (Å²) in [6.07, 6.45) is 0. The van der Waals surface area contributed by atoms with Gasteiger partial charge in [0.05, 0.1) is 33.2 Å². The zero-order valence-electron chi connectivity index (χ0n) is 19.7. The number of ether oxygens (including phenoxy) is 1. The summed E-state index contributed by atoms with van der Waals surface area (Å²) in [6.45, 7) is 1.33. The van der Waals surface area contributed by atoms with Gasteiger partial charge in [0.2, 0.25) is 5.78 Å². The lowest BCUT2D eigenvalue weighted by Gasteiger charge is -2.27. The van der Waals surface area contributed by atoms with Gasteiger partial charge in [-0.25, -0.2) is 0 Å². The Bertz CT molecular complexity index is 1220. The Morgan fingerprint density at radius 1 is 0.971 bits per heavy atom. The second-order valence-corrected chi connectivity index (χ2v) is 8.82. The third kappa shape index (κ3) is 5.36. The number of nitrogens with one attached hydrogen (secondary N) is 1. The molecule has 0 saturated carbocycles. The van der Waals surface area contributed by atoms with Crippen molar-refractivity contribution >= 4 is 17.4 Å². The lowest BCUT2D eigenvalue weighted by atomic mass is 9.95. The topological polar surface area (TPSA) is 94.3 Å². The van der Waals surface area contributed by atoms with E-state index >= 15 is 0 Å². The first-order valence-electron chi connectivity index (χ1n) is 11.5. The first-order chi connectivity index (χ1) is 16.8. The van der Waals surface area contributed by atoms with Crippen LogP contribution in [0.5, 0.6) is 11.5 Å². The molecule has 4 rings (SSSR count). The molecule has 7 nitrogen and oxygen atoms in total. The number of carbonyl (C=O) groups excluding carboxylic acids is 2. The Hall–Kier alpha value is -4.10. The predicted molar refractivity (Wildman–Crippen MR) is 129 cm³/mol. The van der Waals surface area contributed by atoms with Gasteiger partial charge < -0.3 is 24.7 Å². The maximum absolute atomic E-state index is 13.5. The highest BCUT2D eigenvalue weighted by Crippen LogP contribution is 2.38. The molecule has 1 heterocycles. The average molecular weight is 473 g/mol. The van der Waals surface area contributed by atoms with E-state index in [9.17, 15) is 19.8 Å². The average Bonchev–Trinajstić information content (AvgIpc) is 3.12. The van der Waals surface area contributed by atoms with Gasteiger partial charge >= 0.3 is 0 Å². The van der Waals surface area contributed by atoms with Crippen LogP contribution in [0.1, 0.15) is 22.7 Å². The van der Waals surface area contributed by atoms with Crippen molar-refractivity contribution in [2.75, 3.05) is 27.2 Å². The lowest BCUT2D eigenvalue weighted by molar-refractivity contribution is -0.857. The molecule has 180 valence electrons. The molecule has 2 N–H and O–H groups in total. The van der Waals surface area contributed by atoms with E-state index in [0.29, 0.717) is 36.6 Å². The van der Waals surface area contributed by atoms with Crippen LogP contribution in [0.4, 0.5) is 0 Å². The highest BCUT2D eigenvalue weighted by Gasteiger charge is 2.44. The molecule has 35 heavy (non-hydrogen) atoms. The van der Waals surface area contributed by atoms with Crippen LogP contribution < -0.4 is 14.7 Å². The fourth-order valence-corrected chi connectivity index (χ4v) is 4.05. The standard InChI is InChI=1S/C28H28N2O5/c1-29(2)16-17-30-25(20-8-12-22(31)13-9-20)24(27(33)28(30)34)26(32)21-10-14-23(15-11-21)35-18-19-6-4-3-5-7-19/h3-15,25,31-32H,16-18H2,1-2H3. The Morgan fingerprint density at radius 3 is 2.26 bits per heavy atom. The molecule has 0 spiro atoms. The third-order valence-corrected chi connectivity index (χ3v) is 5.96. The van der Waals surface area contributed by atoms with E-state index in [1.54, 1.807) is 36.4 Å². The number of nitrogens with zero attached hydrogens (tertiary/aromatic N) is 1. The molecule has 0 aliphatic carbocycles. The summed E-state index contributed by atoms with van der Waals surface area (Å²) in [5, 5.41) is 23.2. The summed E-state index contributed by atoms with van der Waals surface area (Å²) < 4.78 is 5.79. The van der Waals surface area contributed by atoms with Gasteiger partial charge in [-0.15, -0.1) is 0 Å². The van der Waals surface area contributed by atoms with E-state index in [0.717, 1.165) is 10.5 Å². The molecule has 0 aromatic heterocycles. The number of phenolic OH excluding ortho intramolecular Hbond substituents is 1. The van der Waals surface area contributed by atoms with E-state index < -0.39 is 23.5 Å². The second-order valence-electron chi connectivity index (χ2n) is 8.82. The number of rotatable bonds is 8. The van der Waals surface area contributed by atoms with Gasteiger partial charge in [0, 0.05) is 5.57 Å². The van der Waals surface area contributed by atoms with Crippen LogP contribution in [0.15, 0.2) is 84.4 Å². The maximum Gasteiger partial charge on any atom is 0.295 e. The molecule has 1 saturated heterocycles. The minimum atomic E-state index is -0.809. The zero-order valence-corrected chi connectivity index (χ0v) is 19.7. The molecule has 1 unspecified atom stereocenters. The minimum absolute atomic E-state index is 0.0626. The third-order valence-electron chi connectivity index (χ3n) is 5.96. The molecule has 3 aromatic rings. The normalized spacial score (nSPS) is 17.2. The fourth-order valence-electron chi connectivity index (χ4n) is 4.05. The van der Waals surface area contributed by atoms with Gasteiger partial charge in [0.25, 0.3) is 5.91 Å². The first-order valence-corrected chi connectivity index (χ1v) is 11.5. The molecule has 1 aliphatic heterocycles. The van der Waals surface area contributed by atoms with E-state index in [-0.39, 0.29) is 11.3 Å². The number of ketones is 1. The summed E-state index contributed by atoms with van der Waals surface area (Å²) in [4.78, 5) is 28.5.